The lowest BCUT2D eigenvalue weighted by molar-refractivity contribution is -0.133. The lowest BCUT2D eigenvalue weighted by Gasteiger charge is -2.28. The Morgan fingerprint density at radius 1 is 1.11 bits per heavy atom. The van der Waals surface area contributed by atoms with E-state index >= 15 is 0 Å². The van der Waals surface area contributed by atoms with Gasteiger partial charge in [-0.25, -0.2) is 13.4 Å². The Balaban J connectivity index is 0.00000288. The summed E-state index contributed by atoms with van der Waals surface area (Å²) in [5.41, 5.74) is 9.87. The van der Waals surface area contributed by atoms with E-state index in [-0.39, 0.29) is 71.2 Å². The van der Waals surface area contributed by atoms with Crippen molar-refractivity contribution in [3.63, 3.8) is 0 Å². The van der Waals surface area contributed by atoms with Crippen molar-refractivity contribution in [3.8, 4) is 5.75 Å². The molecule has 9 nitrogen and oxygen atoms in total. The molecule has 0 aliphatic carbocycles. The van der Waals surface area contributed by atoms with Crippen molar-refractivity contribution in [2.24, 2.45) is 5.73 Å². The Labute approximate surface area is 291 Å². The summed E-state index contributed by atoms with van der Waals surface area (Å²) < 4.78 is 35.3. The van der Waals surface area contributed by atoms with Crippen molar-refractivity contribution >= 4 is 80.7 Å². The Morgan fingerprint density at radius 2 is 1.80 bits per heavy atom. The number of aromatic nitrogens is 1. The number of ether oxygens (including phenoxy) is 1. The van der Waals surface area contributed by atoms with Crippen LogP contribution in [0.15, 0.2) is 65.6 Å². The van der Waals surface area contributed by atoms with Gasteiger partial charge >= 0.3 is 0 Å². The molecule has 1 saturated heterocycles. The highest BCUT2D eigenvalue weighted by atomic mass is 35.5. The Kier molecular flexibility index (Phi) is 12.3. The number of carbonyl (C=O) groups excluding carboxylic acids is 1. The van der Waals surface area contributed by atoms with Crippen molar-refractivity contribution in [3.05, 3.63) is 98.7 Å². The van der Waals surface area contributed by atoms with Crippen LogP contribution in [0, 0.1) is 19.3 Å². The lowest BCUT2D eigenvalue weighted by Crippen LogP contribution is -2.46. The quantitative estimate of drug-likeness (QED) is 0.146. The molecule has 2 heterocycles. The van der Waals surface area contributed by atoms with Crippen LogP contribution in [0.5, 0.6) is 5.75 Å². The second-order valence-corrected chi connectivity index (χ2v) is 13.6. The van der Waals surface area contributed by atoms with Crippen molar-refractivity contribution in [1.82, 2.24) is 14.2 Å². The van der Waals surface area contributed by atoms with Gasteiger partial charge in [0.25, 0.3) is 0 Å². The first-order valence-electron chi connectivity index (χ1n) is 14.0. The number of halogens is 4. The smallest absolute Gasteiger partial charge is 0.245 e. The Bertz CT molecular complexity index is 1870. The minimum Gasteiger partial charge on any atom is -0.487 e. The van der Waals surface area contributed by atoms with Crippen LogP contribution in [0.2, 0.25) is 10.0 Å². The molecule has 246 valence electrons. The number of hydrogen-bond donors (Lipinski definition) is 2. The molecule has 3 aromatic carbocycles. The first kappa shape index (κ1) is 37.3. The zero-order valence-electron chi connectivity index (χ0n) is 25.4. The third-order valence-corrected chi connectivity index (χ3v) is 10.6. The molecule has 0 saturated carbocycles. The van der Waals surface area contributed by atoms with Crippen molar-refractivity contribution < 1.29 is 17.9 Å². The van der Waals surface area contributed by atoms with E-state index in [4.69, 9.17) is 39.1 Å². The number of likely N-dealkylation sites (N-methyl/N-ethyl adjacent to an activating group) is 1. The molecular weight excluding hydrogens is 692 g/mol. The monoisotopic (exact) mass is 725 g/mol. The third kappa shape index (κ3) is 7.54. The number of pyridine rings is 1. The number of sulfonamides is 1. The highest BCUT2D eigenvalue weighted by Gasteiger charge is 2.41. The number of nitrogens with zero attached hydrogens (tertiary/aromatic N) is 3. The molecule has 0 unspecified atom stereocenters. The lowest BCUT2D eigenvalue weighted by atomic mass is 10.1. The van der Waals surface area contributed by atoms with Crippen LogP contribution in [-0.4, -0.2) is 54.0 Å². The van der Waals surface area contributed by atoms with Crippen LogP contribution < -0.4 is 10.5 Å². The molecule has 5 rings (SSSR count). The second-order valence-electron chi connectivity index (χ2n) is 10.9. The van der Waals surface area contributed by atoms with Gasteiger partial charge < -0.3 is 15.4 Å². The standard InChI is InChI=1S/C32H33Cl2N5O4S.2ClH/c1-19-16-20(2)37-30-23(19)6-4-8-27(30)43-18-24-25(33)13-14-28(29(24)34)44(41,42)39-15-5-7-26(39)32(40)38(3)17-21-9-11-22(12-10-21)31(35)36;;/h4,6,8-14,16,26H,5,7,15,17-18H2,1-3H3,(H3,35,36);2*1H/t26-;;/m0../s1. The van der Waals surface area contributed by atoms with Crippen LogP contribution in [-0.2, 0) is 28.0 Å². The summed E-state index contributed by atoms with van der Waals surface area (Å²) in [6, 6.07) is 16.6. The molecule has 0 bridgehead atoms. The van der Waals surface area contributed by atoms with Crippen LogP contribution in [0.1, 0.15) is 40.8 Å². The molecule has 1 fully saturated rings. The third-order valence-electron chi connectivity index (χ3n) is 7.80. The van der Waals surface area contributed by atoms with Gasteiger partial charge in [0.05, 0.1) is 5.02 Å². The second kappa shape index (κ2) is 15.2. The number of aryl methyl sites for hydroxylation is 2. The van der Waals surface area contributed by atoms with Gasteiger partial charge in [-0.15, -0.1) is 24.8 Å². The molecule has 0 radical (unpaired) electrons. The molecular formula is C32H35Cl4N5O4S. The highest BCUT2D eigenvalue weighted by Crippen LogP contribution is 2.37. The molecule has 1 aliphatic heterocycles. The zero-order valence-corrected chi connectivity index (χ0v) is 29.4. The highest BCUT2D eigenvalue weighted by molar-refractivity contribution is 7.89. The minimum absolute atomic E-state index is 0. The summed E-state index contributed by atoms with van der Waals surface area (Å²) >= 11 is 13.2. The topological polar surface area (TPSA) is 130 Å². The number of nitrogens with one attached hydrogen (secondary N) is 1. The van der Waals surface area contributed by atoms with Gasteiger partial charge in [-0.3, -0.25) is 10.2 Å². The Hall–Kier alpha value is -3.12. The maximum absolute atomic E-state index is 14.0. The van der Waals surface area contributed by atoms with Crippen molar-refractivity contribution in [2.75, 3.05) is 13.6 Å². The fraction of sp³-hybridized carbons (Fsp3) is 0.281. The van der Waals surface area contributed by atoms with Crippen molar-refractivity contribution in [1.29, 1.82) is 5.41 Å². The van der Waals surface area contributed by atoms with E-state index in [1.807, 2.05) is 32.0 Å². The van der Waals surface area contributed by atoms with Crippen LogP contribution in [0.3, 0.4) is 0 Å². The van der Waals surface area contributed by atoms with Gasteiger partial charge in [0.15, 0.2) is 0 Å². The first-order chi connectivity index (χ1) is 20.9. The molecule has 1 atom stereocenters. The van der Waals surface area contributed by atoms with Gasteiger partial charge in [0.1, 0.15) is 34.6 Å². The summed E-state index contributed by atoms with van der Waals surface area (Å²) in [5.74, 6) is 0.169. The van der Waals surface area contributed by atoms with E-state index in [0.29, 0.717) is 35.2 Å². The van der Waals surface area contributed by atoms with E-state index < -0.39 is 16.1 Å². The molecule has 1 amide bonds. The average molecular weight is 728 g/mol. The van der Waals surface area contributed by atoms with E-state index in [9.17, 15) is 13.2 Å². The van der Waals surface area contributed by atoms with Gasteiger partial charge in [0, 0.05) is 47.4 Å². The summed E-state index contributed by atoms with van der Waals surface area (Å²) in [6.07, 6.45) is 0.921. The summed E-state index contributed by atoms with van der Waals surface area (Å²) in [6.45, 7) is 4.29. The number of para-hydroxylation sites is 1. The predicted octanol–water partition coefficient (Wildman–Crippen LogP) is 6.68. The maximum atomic E-state index is 14.0. The number of fused-ring (bicyclic) bond motifs is 1. The average Bonchev–Trinajstić information content (AvgIpc) is 3.48. The van der Waals surface area contributed by atoms with E-state index in [1.54, 1.807) is 37.4 Å². The molecule has 4 aromatic rings. The van der Waals surface area contributed by atoms with Crippen LogP contribution in [0.25, 0.3) is 10.9 Å². The number of amides is 1. The largest absolute Gasteiger partial charge is 0.487 e. The molecule has 1 aliphatic rings. The molecule has 14 heteroatoms. The van der Waals surface area contributed by atoms with Gasteiger partial charge in [-0.05, 0) is 62.1 Å². The zero-order chi connectivity index (χ0) is 31.8. The number of nitrogen functional groups attached to an aromatic ring is 1. The molecule has 0 spiro atoms. The number of amidine groups is 1. The molecule has 1 aromatic heterocycles. The summed E-state index contributed by atoms with van der Waals surface area (Å²) in [5, 5.41) is 8.72. The normalized spacial score (nSPS) is 14.8. The fourth-order valence-electron chi connectivity index (χ4n) is 5.53. The molecule has 46 heavy (non-hydrogen) atoms. The Morgan fingerprint density at radius 3 is 2.48 bits per heavy atom. The van der Waals surface area contributed by atoms with E-state index in [2.05, 4.69) is 4.98 Å². The van der Waals surface area contributed by atoms with Gasteiger partial charge in [-0.1, -0.05) is 59.6 Å². The van der Waals surface area contributed by atoms with E-state index in [1.165, 1.54) is 21.3 Å². The minimum atomic E-state index is -4.16. The van der Waals surface area contributed by atoms with Crippen molar-refractivity contribution in [2.45, 2.75) is 50.8 Å². The van der Waals surface area contributed by atoms with Gasteiger partial charge in [-0.2, -0.15) is 4.31 Å². The number of benzene rings is 3. The fourth-order valence-corrected chi connectivity index (χ4v) is 8.04. The number of hydrogen-bond acceptors (Lipinski definition) is 6. The number of nitrogens with two attached hydrogens (primary N) is 1. The number of rotatable bonds is 9. The molecule has 3 N–H and O–H groups in total. The first-order valence-corrected chi connectivity index (χ1v) is 16.2. The summed E-state index contributed by atoms with van der Waals surface area (Å²) in [7, 11) is -2.52. The predicted molar refractivity (Wildman–Crippen MR) is 187 cm³/mol. The van der Waals surface area contributed by atoms with Crippen LogP contribution in [0.4, 0.5) is 0 Å². The van der Waals surface area contributed by atoms with Crippen LogP contribution >= 0.6 is 48.0 Å². The maximum Gasteiger partial charge on any atom is 0.245 e. The van der Waals surface area contributed by atoms with E-state index in [0.717, 1.165) is 22.2 Å². The summed E-state index contributed by atoms with van der Waals surface area (Å²) in [4.78, 5) is 19.5. The van der Waals surface area contributed by atoms with Gasteiger partial charge in [0.2, 0.25) is 15.9 Å². The SMILES string of the molecule is Cc1cc(C)c2cccc(OCc3c(Cl)ccc(S(=O)(=O)N4CCC[C@H]4C(=O)N(C)Cc4ccc(C(=N)N)cc4)c3Cl)c2n1.Cl.Cl. The number of carbonyl (C=O) groups is 1.